The lowest BCUT2D eigenvalue weighted by Gasteiger charge is -2.04. The molecule has 0 aliphatic carbocycles. The predicted octanol–water partition coefficient (Wildman–Crippen LogP) is 1.10. The number of rotatable bonds is 4. The minimum atomic E-state index is 0.784. The van der Waals surface area contributed by atoms with Crippen LogP contribution in [0.15, 0.2) is 36.9 Å². The van der Waals surface area contributed by atoms with Gasteiger partial charge in [0.05, 0.1) is 6.54 Å². The zero-order valence-corrected chi connectivity index (χ0v) is 8.72. The standard InChI is InChI=1S/C11H14N4/c1-15-7-6-14-11(15)9-13-8-10-2-4-12-5-3-10/h2-7,13H,8-9H2,1H3. The lowest BCUT2D eigenvalue weighted by atomic mass is 10.3. The molecule has 2 aromatic heterocycles. The molecule has 0 aliphatic heterocycles. The molecule has 4 heteroatoms. The van der Waals surface area contributed by atoms with Gasteiger partial charge in [-0.15, -0.1) is 0 Å². The number of nitrogens with zero attached hydrogens (tertiary/aromatic N) is 3. The summed E-state index contributed by atoms with van der Waals surface area (Å²) in [6.07, 6.45) is 7.36. The predicted molar refractivity (Wildman–Crippen MR) is 58.0 cm³/mol. The lowest BCUT2D eigenvalue weighted by molar-refractivity contribution is 0.638. The first kappa shape index (κ1) is 9.86. The van der Waals surface area contributed by atoms with E-state index in [0.29, 0.717) is 0 Å². The molecular formula is C11H14N4. The van der Waals surface area contributed by atoms with Gasteiger partial charge in [-0.25, -0.2) is 4.98 Å². The van der Waals surface area contributed by atoms with Gasteiger partial charge < -0.3 is 9.88 Å². The number of hydrogen-bond donors (Lipinski definition) is 1. The molecule has 4 nitrogen and oxygen atoms in total. The van der Waals surface area contributed by atoms with Crippen LogP contribution < -0.4 is 5.32 Å². The molecule has 2 aromatic rings. The molecule has 0 unspecified atom stereocenters. The van der Waals surface area contributed by atoms with Crippen molar-refractivity contribution >= 4 is 0 Å². The molecule has 0 fully saturated rings. The Morgan fingerprint density at radius 1 is 1.20 bits per heavy atom. The Labute approximate surface area is 89.0 Å². The summed E-state index contributed by atoms with van der Waals surface area (Å²) in [6.45, 7) is 1.63. The maximum atomic E-state index is 4.24. The first-order valence-electron chi connectivity index (χ1n) is 4.92. The van der Waals surface area contributed by atoms with E-state index in [0.717, 1.165) is 18.9 Å². The molecule has 15 heavy (non-hydrogen) atoms. The lowest BCUT2D eigenvalue weighted by Crippen LogP contribution is -2.15. The molecular weight excluding hydrogens is 188 g/mol. The summed E-state index contributed by atoms with van der Waals surface area (Å²) in [4.78, 5) is 8.21. The fraction of sp³-hybridized carbons (Fsp3) is 0.273. The van der Waals surface area contributed by atoms with Gasteiger partial charge in [0.2, 0.25) is 0 Å². The van der Waals surface area contributed by atoms with Gasteiger partial charge in [0.25, 0.3) is 0 Å². The first-order chi connectivity index (χ1) is 7.36. The van der Waals surface area contributed by atoms with Crippen molar-refractivity contribution in [2.45, 2.75) is 13.1 Å². The van der Waals surface area contributed by atoms with E-state index in [4.69, 9.17) is 0 Å². The second-order valence-electron chi connectivity index (χ2n) is 3.41. The molecule has 0 aliphatic rings. The van der Waals surface area contributed by atoms with E-state index in [2.05, 4.69) is 15.3 Å². The van der Waals surface area contributed by atoms with Crippen molar-refractivity contribution in [3.8, 4) is 0 Å². The van der Waals surface area contributed by atoms with Crippen molar-refractivity contribution in [1.29, 1.82) is 0 Å². The summed E-state index contributed by atoms with van der Waals surface area (Å²) in [7, 11) is 2.00. The van der Waals surface area contributed by atoms with Crippen molar-refractivity contribution in [2.24, 2.45) is 7.05 Å². The molecule has 0 bridgehead atoms. The Kier molecular flexibility index (Phi) is 3.09. The van der Waals surface area contributed by atoms with Gasteiger partial charge in [-0.2, -0.15) is 0 Å². The van der Waals surface area contributed by atoms with Crippen LogP contribution in [0.4, 0.5) is 0 Å². The van der Waals surface area contributed by atoms with Gasteiger partial charge in [0.15, 0.2) is 0 Å². The smallest absolute Gasteiger partial charge is 0.122 e. The van der Waals surface area contributed by atoms with Crippen molar-refractivity contribution in [2.75, 3.05) is 0 Å². The fourth-order valence-electron chi connectivity index (χ4n) is 1.39. The van der Waals surface area contributed by atoms with Gasteiger partial charge in [0.1, 0.15) is 5.82 Å². The second-order valence-corrected chi connectivity index (χ2v) is 3.41. The Hall–Kier alpha value is -1.68. The highest BCUT2D eigenvalue weighted by molar-refractivity contribution is 5.09. The molecule has 78 valence electrons. The Morgan fingerprint density at radius 2 is 2.00 bits per heavy atom. The summed E-state index contributed by atoms with van der Waals surface area (Å²) < 4.78 is 2.01. The summed E-state index contributed by atoms with van der Waals surface area (Å²) in [5, 5.41) is 3.33. The van der Waals surface area contributed by atoms with E-state index in [9.17, 15) is 0 Å². The van der Waals surface area contributed by atoms with Crippen LogP contribution in [0.1, 0.15) is 11.4 Å². The third-order valence-corrected chi connectivity index (χ3v) is 2.28. The van der Waals surface area contributed by atoms with E-state index >= 15 is 0 Å². The van der Waals surface area contributed by atoms with Crippen molar-refractivity contribution in [3.05, 3.63) is 48.3 Å². The van der Waals surface area contributed by atoms with Gasteiger partial charge in [-0.05, 0) is 17.7 Å². The molecule has 0 amide bonds. The average molecular weight is 202 g/mol. The van der Waals surface area contributed by atoms with Gasteiger partial charge >= 0.3 is 0 Å². The second kappa shape index (κ2) is 4.70. The highest BCUT2D eigenvalue weighted by atomic mass is 15.1. The number of aryl methyl sites for hydroxylation is 1. The van der Waals surface area contributed by atoms with E-state index < -0.39 is 0 Å². The molecule has 0 saturated carbocycles. The molecule has 1 N–H and O–H groups in total. The van der Waals surface area contributed by atoms with Gasteiger partial charge in [-0.1, -0.05) is 0 Å². The number of imidazole rings is 1. The first-order valence-corrected chi connectivity index (χ1v) is 4.92. The molecule has 2 rings (SSSR count). The third-order valence-electron chi connectivity index (χ3n) is 2.28. The van der Waals surface area contributed by atoms with Crippen LogP contribution in [-0.4, -0.2) is 14.5 Å². The highest BCUT2D eigenvalue weighted by Gasteiger charge is 1.97. The molecule has 2 heterocycles. The highest BCUT2D eigenvalue weighted by Crippen LogP contribution is 1.97. The molecule has 0 aromatic carbocycles. The van der Waals surface area contributed by atoms with E-state index in [-0.39, 0.29) is 0 Å². The monoisotopic (exact) mass is 202 g/mol. The fourth-order valence-corrected chi connectivity index (χ4v) is 1.39. The third kappa shape index (κ3) is 2.63. The quantitative estimate of drug-likeness (QED) is 0.807. The number of hydrogen-bond acceptors (Lipinski definition) is 3. The van der Waals surface area contributed by atoms with E-state index in [1.807, 2.05) is 36.1 Å². The normalized spacial score (nSPS) is 10.5. The van der Waals surface area contributed by atoms with Crippen LogP contribution in [0.2, 0.25) is 0 Å². The maximum absolute atomic E-state index is 4.24. The van der Waals surface area contributed by atoms with E-state index in [1.165, 1.54) is 5.56 Å². The van der Waals surface area contributed by atoms with Crippen molar-refractivity contribution in [3.63, 3.8) is 0 Å². The molecule has 0 atom stereocenters. The Bertz CT molecular complexity index is 408. The maximum Gasteiger partial charge on any atom is 0.122 e. The van der Waals surface area contributed by atoms with Crippen molar-refractivity contribution < 1.29 is 0 Å². The SMILES string of the molecule is Cn1ccnc1CNCc1ccncc1. The number of nitrogens with one attached hydrogen (secondary N) is 1. The number of aromatic nitrogens is 3. The van der Waals surface area contributed by atoms with E-state index in [1.54, 1.807) is 12.4 Å². The number of pyridine rings is 1. The van der Waals surface area contributed by atoms with Crippen LogP contribution in [-0.2, 0) is 20.1 Å². The minimum Gasteiger partial charge on any atom is -0.337 e. The van der Waals surface area contributed by atoms with Crippen LogP contribution in [0.5, 0.6) is 0 Å². The Morgan fingerprint density at radius 3 is 2.67 bits per heavy atom. The summed E-state index contributed by atoms with van der Waals surface area (Å²) >= 11 is 0. The summed E-state index contributed by atoms with van der Waals surface area (Å²) in [6, 6.07) is 4.01. The minimum absolute atomic E-state index is 0.784. The topological polar surface area (TPSA) is 42.7 Å². The van der Waals surface area contributed by atoms with Gasteiger partial charge in [-0.3, -0.25) is 4.98 Å². The molecule has 0 saturated heterocycles. The van der Waals surface area contributed by atoms with Crippen LogP contribution in [0, 0.1) is 0 Å². The van der Waals surface area contributed by atoms with Crippen molar-refractivity contribution in [1.82, 2.24) is 19.9 Å². The summed E-state index contributed by atoms with van der Waals surface area (Å²) in [5.41, 5.74) is 1.24. The molecule has 0 radical (unpaired) electrons. The summed E-state index contributed by atoms with van der Waals surface area (Å²) in [5.74, 6) is 1.05. The Balaban J connectivity index is 1.83. The largest absolute Gasteiger partial charge is 0.337 e. The zero-order valence-electron chi connectivity index (χ0n) is 8.72. The zero-order chi connectivity index (χ0) is 10.5. The van der Waals surface area contributed by atoms with Crippen LogP contribution >= 0.6 is 0 Å². The average Bonchev–Trinajstić information content (AvgIpc) is 2.66. The molecule has 0 spiro atoms. The van der Waals surface area contributed by atoms with Crippen LogP contribution in [0.3, 0.4) is 0 Å². The van der Waals surface area contributed by atoms with Crippen LogP contribution in [0.25, 0.3) is 0 Å². The van der Waals surface area contributed by atoms with Gasteiger partial charge in [0, 0.05) is 38.4 Å².